The van der Waals surface area contributed by atoms with Crippen molar-refractivity contribution in [3.63, 3.8) is 0 Å². The van der Waals surface area contributed by atoms with Gasteiger partial charge in [0.25, 0.3) is 0 Å². The molecular weight excluding hydrogens is 238 g/mol. The van der Waals surface area contributed by atoms with E-state index in [2.05, 4.69) is 14.9 Å². The molecule has 0 aliphatic rings. The molecule has 0 saturated heterocycles. The Morgan fingerprint density at radius 1 is 1.24 bits per heavy atom. The van der Waals surface area contributed by atoms with Crippen LogP contribution < -0.4 is 4.72 Å². The average Bonchev–Trinajstić information content (AvgIpc) is 2.84. The summed E-state index contributed by atoms with van der Waals surface area (Å²) >= 11 is 0. The summed E-state index contributed by atoms with van der Waals surface area (Å²) in [7, 11) is -3.43. The van der Waals surface area contributed by atoms with Gasteiger partial charge in [0.15, 0.2) is 0 Å². The van der Waals surface area contributed by atoms with Crippen molar-refractivity contribution >= 4 is 10.0 Å². The van der Waals surface area contributed by atoms with E-state index in [1.54, 1.807) is 0 Å². The van der Waals surface area contributed by atoms with Crippen LogP contribution in [0.15, 0.2) is 47.6 Å². The van der Waals surface area contributed by atoms with Crippen LogP contribution in [0.5, 0.6) is 0 Å². The number of aromatic amines is 1. The van der Waals surface area contributed by atoms with Crippen molar-refractivity contribution in [1.29, 1.82) is 0 Å². The molecule has 17 heavy (non-hydrogen) atoms. The van der Waals surface area contributed by atoms with Crippen LogP contribution >= 0.6 is 0 Å². The standard InChI is InChI=1S/C11H13N3O2S/c15-17(16,11-8-12-13-9-11)14-7-6-10-4-2-1-3-5-10/h1-5,8-9,14H,6-7H2,(H,12,13). The lowest BCUT2D eigenvalue weighted by Crippen LogP contribution is -2.25. The van der Waals surface area contributed by atoms with Gasteiger partial charge in [0.05, 0.1) is 6.20 Å². The molecular formula is C11H13N3O2S. The van der Waals surface area contributed by atoms with Crippen molar-refractivity contribution in [1.82, 2.24) is 14.9 Å². The Morgan fingerprint density at radius 3 is 2.65 bits per heavy atom. The highest BCUT2D eigenvalue weighted by atomic mass is 32.2. The van der Waals surface area contributed by atoms with E-state index in [0.717, 1.165) is 5.56 Å². The minimum atomic E-state index is -3.43. The van der Waals surface area contributed by atoms with Crippen molar-refractivity contribution < 1.29 is 8.42 Å². The van der Waals surface area contributed by atoms with Crippen LogP contribution in [0.1, 0.15) is 5.56 Å². The van der Waals surface area contributed by atoms with Gasteiger partial charge in [-0.1, -0.05) is 30.3 Å². The predicted octanol–water partition coefficient (Wildman–Crippen LogP) is 0.931. The molecule has 1 heterocycles. The van der Waals surface area contributed by atoms with E-state index in [9.17, 15) is 8.42 Å². The molecule has 2 N–H and O–H groups in total. The van der Waals surface area contributed by atoms with Gasteiger partial charge in [0, 0.05) is 12.7 Å². The summed E-state index contributed by atoms with van der Waals surface area (Å²) in [6.07, 6.45) is 3.30. The lowest BCUT2D eigenvalue weighted by molar-refractivity contribution is 0.581. The fourth-order valence-corrected chi connectivity index (χ4v) is 2.38. The van der Waals surface area contributed by atoms with E-state index >= 15 is 0 Å². The van der Waals surface area contributed by atoms with E-state index in [4.69, 9.17) is 0 Å². The minimum Gasteiger partial charge on any atom is -0.284 e. The van der Waals surface area contributed by atoms with Gasteiger partial charge in [0.2, 0.25) is 10.0 Å². The fourth-order valence-electron chi connectivity index (χ4n) is 1.44. The third-order valence-corrected chi connectivity index (χ3v) is 3.76. The Morgan fingerprint density at radius 2 is 2.00 bits per heavy atom. The van der Waals surface area contributed by atoms with Crippen molar-refractivity contribution in [3.8, 4) is 0 Å². The molecule has 90 valence electrons. The molecule has 0 spiro atoms. The SMILES string of the molecule is O=S(=O)(NCCc1ccccc1)c1cn[nH]c1. The summed E-state index contributed by atoms with van der Waals surface area (Å²) in [5.41, 5.74) is 1.10. The molecule has 0 bridgehead atoms. The summed E-state index contributed by atoms with van der Waals surface area (Å²) in [5.74, 6) is 0. The zero-order chi connectivity index (χ0) is 12.1. The van der Waals surface area contributed by atoms with Crippen LogP contribution in [0.4, 0.5) is 0 Å². The van der Waals surface area contributed by atoms with E-state index in [1.807, 2.05) is 30.3 Å². The van der Waals surface area contributed by atoms with Crippen molar-refractivity contribution in [2.24, 2.45) is 0 Å². The zero-order valence-electron chi connectivity index (χ0n) is 9.13. The number of sulfonamides is 1. The molecule has 0 aliphatic heterocycles. The highest BCUT2D eigenvalue weighted by Gasteiger charge is 2.13. The second kappa shape index (κ2) is 5.11. The third-order valence-electron chi connectivity index (χ3n) is 2.33. The molecule has 1 aromatic carbocycles. The molecule has 0 fully saturated rings. The van der Waals surface area contributed by atoms with Crippen LogP contribution in [-0.2, 0) is 16.4 Å². The summed E-state index contributed by atoms with van der Waals surface area (Å²) in [6, 6.07) is 9.72. The lowest BCUT2D eigenvalue weighted by Gasteiger charge is -2.04. The smallest absolute Gasteiger partial charge is 0.243 e. The van der Waals surface area contributed by atoms with Crippen LogP contribution in [0.2, 0.25) is 0 Å². The maximum atomic E-state index is 11.7. The first-order valence-corrected chi connectivity index (χ1v) is 6.69. The molecule has 0 amide bonds. The Hall–Kier alpha value is -1.66. The number of hydrogen-bond donors (Lipinski definition) is 2. The molecule has 0 saturated carbocycles. The normalized spacial score (nSPS) is 11.5. The van der Waals surface area contributed by atoms with Crippen LogP contribution in [0.3, 0.4) is 0 Å². The molecule has 0 atom stereocenters. The maximum Gasteiger partial charge on any atom is 0.243 e. The molecule has 6 heteroatoms. The summed E-state index contributed by atoms with van der Waals surface area (Å²) in [4.78, 5) is 0.158. The monoisotopic (exact) mass is 251 g/mol. The Bertz CT molecular complexity index is 550. The quantitative estimate of drug-likeness (QED) is 0.830. The Balaban J connectivity index is 1.91. The largest absolute Gasteiger partial charge is 0.284 e. The first-order valence-electron chi connectivity index (χ1n) is 5.21. The van der Waals surface area contributed by atoms with Gasteiger partial charge in [-0.2, -0.15) is 5.10 Å². The van der Waals surface area contributed by atoms with Gasteiger partial charge in [0.1, 0.15) is 4.90 Å². The maximum absolute atomic E-state index is 11.7. The molecule has 1 aromatic heterocycles. The van der Waals surface area contributed by atoms with Gasteiger partial charge >= 0.3 is 0 Å². The summed E-state index contributed by atoms with van der Waals surface area (Å²) in [5, 5.41) is 6.09. The second-order valence-electron chi connectivity index (χ2n) is 3.57. The third kappa shape index (κ3) is 3.15. The highest BCUT2D eigenvalue weighted by Crippen LogP contribution is 2.04. The number of hydrogen-bond acceptors (Lipinski definition) is 3. The van der Waals surface area contributed by atoms with Gasteiger partial charge in [-0.05, 0) is 12.0 Å². The first-order chi connectivity index (χ1) is 8.18. The van der Waals surface area contributed by atoms with Crippen LogP contribution in [-0.4, -0.2) is 25.2 Å². The second-order valence-corrected chi connectivity index (χ2v) is 5.33. The number of nitrogens with zero attached hydrogens (tertiary/aromatic N) is 1. The number of rotatable bonds is 5. The van der Waals surface area contributed by atoms with Crippen LogP contribution in [0, 0.1) is 0 Å². The lowest BCUT2D eigenvalue weighted by atomic mass is 10.2. The van der Waals surface area contributed by atoms with E-state index in [0.29, 0.717) is 13.0 Å². The first kappa shape index (κ1) is 11.8. The molecule has 0 radical (unpaired) electrons. The van der Waals surface area contributed by atoms with Crippen molar-refractivity contribution in [3.05, 3.63) is 48.3 Å². The molecule has 2 aromatic rings. The van der Waals surface area contributed by atoms with Crippen molar-refractivity contribution in [2.75, 3.05) is 6.54 Å². The molecule has 0 aliphatic carbocycles. The summed E-state index contributed by atoms with van der Waals surface area (Å²) in [6.45, 7) is 0.373. The van der Waals surface area contributed by atoms with Gasteiger partial charge in [-0.15, -0.1) is 0 Å². The number of aromatic nitrogens is 2. The highest BCUT2D eigenvalue weighted by molar-refractivity contribution is 7.89. The molecule has 5 nitrogen and oxygen atoms in total. The minimum absolute atomic E-state index is 0.158. The van der Waals surface area contributed by atoms with Gasteiger partial charge < -0.3 is 0 Å². The van der Waals surface area contributed by atoms with E-state index in [1.165, 1.54) is 12.4 Å². The van der Waals surface area contributed by atoms with Crippen molar-refractivity contribution in [2.45, 2.75) is 11.3 Å². The number of nitrogens with one attached hydrogen (secondary N) is 2. The van der Waals surface area contributed by atoms with Gasteiger partial charge in [-0.3, -0.25) is 5.10 Å². The number of benzene rings is 1. The zero-order valence-corrected chi connectivity index (χ0v) is 9.94. The average molecular weight is 251 g/mol. The number of H-pyrrole nitrogens is 1. The topological polar surface area (TPSA) is 74.8 Å². The summed E-state index contributed by atoms with van der Waals surface area (Å²) < 4.78 is 25.9. The predicted molar refractivity (Wildman–Crippen MR) is 63.9 cm³/mol. The van der Waals surface area contributed by atoms with E-state index in [-0.39, 0.29) is 4.90 Å². The van der Waals surface area contributed by atoms with E-state index < -0.39 is 10.0 Å². The van der Waals surface area contributed by atoms with Gasteiger partial charge in [-0.25, -0.2) is 13.1 Å². The Labute approximate surface area is 99.9 Å². The fraction of sp³-hybridized carbons (Fsp3) is 0.182. The Kier molecular flexibility index (Phi) is 3.55. The molecule has 0 unspecified atom stereocenters. The van der Waals surface area contributed by atoms with Crippen LogP contribution in [0.25, 0.3) is 0 Å². The molecule has 2 rings (SSSR count).